The van der Waals surface area contributed by atoms with Crippen molar-refractivity contribution in [2.24, 2.45) is 10.4 Å². The first-order chi connectivity index (χ1) is 11.3. The predicted octanol–water partition coefficient (Wildman–Crippen LogP) is 3.08. The number of hydrogen-bond donors (Lipinski definition) is 1. The summed E-state index contributed by atoms with van der Waals surface area (Å²) >= 11 is 0. The zero-order chi connectivity index (χ0) is 17.7. The van der Waals surface area contributed by atoms with Gasteiger partial charge in [-0.25, -0.2) is 9.38 Å². The van der Waals surface area contributed by atoms with Gasteiger partial charge >= 0.3 is 0 Å². The molecule has 0 aliphatic carbocycles. The molecule has 0 aromatic heterocycles. The van der Waals surface area contributed by atoms with E-state index in [-0.39, 0.29) is 5.82 Å². The second-order valence-corrected chi connectivity index (χ2v) is 7.67. The van der Waals surface area contributed by atoms with Gasteiger partial charge in [0.15, 0.2) is 5.96 Å². The number of aliphatic imine (C=N–C) groups is 1. The Hall–Kier alpha value is -1.62. The molecule has 1 N–H and O–H groups in total. The van der Waals surface area contributed by atoms with Crippen LogP contribution in [0.25, 0.3) is 0 Å². The van der Waals surface area contributed by atoms with Crippen LogP contribution < -0.4 is 5.32 Å². The van der Waals surface area contributed by atoms with E-state index in [4.69, 9.17) is 4.99 Å². The van der Waals surface area contributed by atoms with Crippen LogP contribution in [0, 0.1) is 11.2 Å². The summed E-state index contributed by atoms with van der Waals surface area (Å²) in [4.78, 5) is 9.08. The van der Waals surface area contributed by atoms with Crippen molar-refractivity contribution in [2.75, 3.05) is 33.7 Å². The van der Waals surface area contributed by atoms with Crippen molar-refractivity contribution in [2.45, 2.75) is 40.3 Å². The minimum absolute atomic E-state index is 0.148. The van der Waals surface area contributed by atoms with Crippen LogP contribution in [0.3, 0.4) is 0 Å². The third kappa shape index (κ3) is 5.20. The fourth-order valence-corrected chi connectivity index (χ4v) is 3.07. The van der Waals surface area contributed by atoms with Crippen LogP contribution in [0.5, 0.6) is 0 Å². The van der Waals surface area contributed by atoms with Gasteiger partial charge in [-0.3, -0.25) is 0 Å². The summed E-state index contributed by atoms with van der Waals surface area (Å²) in [5.74, 6) is 0.811. The molecule has 2 rings (SSSR count). The highest BCUT2D eigenvalue weighted by atomic mass is 19.1. The lowest BCUT2D eigenvalue weighted by molar-refractivity contribution is 0.370. The van der Waals surface area contributed by atoms with Crippen LogP contribution in [0.2, 0.25) is 0 Å². The van der Waals surface area contributed by atoms with Crippen LogP contribution in [0.4, 0.5) is 4.39 Å². The molecule has 134 valence electrons. The molecule has 0 spiro atoms. The lowest BCUT2D eigenvalue weighted by Gasteiger charge is -2.23. The monoisotopic (exact) mass is 334 g/mol. The normalized spacial score (nSPS) is 17.6. The second-order valence-electron chi connectivity index (χ2n) is 7.67. The molecule has 1 fully saturated rings. The topological polar surface area (TPSA) is 30.9 Å². The summed E-state index contributed by atoms with van der Waals surface area (Å²) in [6.45, 7) is 10.8. The Balaban J connectivity index is 2.11. The Morgan fingerprint density at radius 2 is 2.12 bits per heavy atom. The van der Waals surface area contributed by atoms with Crippen molar-refractivity contribution in [3.8, 4) is 0 Å². The van der Waals surface area contributed by atoms with Gasteiger partial charge < -0.3 is 15.1 Å². The summed E-state index contributed by atoms with van der Waals surface area (Å²) in [7, 11) is 3.89. The second kappa shape index (κ2) is 7.97. The molecule has 1 aliphatic heterocycles. The minimum atomic E-state index is -0.148. The average molecular weight is 334 g/mol. The Morgan fingerprint density at radius 1 is 1.38 bits per heavy atom. The number of hydrogen-bond acceptors (Lipinski definition) is 2. The number of rotatable bonds is 5. The molecule has 0 amide bonds. The number of nitrogens with zero attached hydrogens (tertiary/aromatic N) is 3. The largest absolute Gasteiger partial charge is 0.357 e. The van der Waals surface area contributed by atoms with Gasteiger partial charge in [-0.15, -0.1) is 0 Å². The molecule has 1 saturated heterocycles. The molecule has 0 radical (unpaired) electrons. The first kappa shape index (κ1) is 18.7. The van der Waals surface area contributed by atoms with E-state index in [1.807, 2.05) is 31.1 Å². The van der Waals surface area contributed by atoms with Crippen LogP contribution >= 0.6 is 0 Å². The van der Waals surface area contributed by atoms with Crippen molar-refractivity contribution >= 4 is 5.96 Å². The lowest BCUT2D eigenvalue weighted by atomic mass is 9.93. The van der Waals surface area contributed by atoms with Crippen molar-refractivity contribution in [3.05, 3.63) is 35.1 Å². The summed E-state index contributed by atoms with van der Waals surface area (Å²) < 4.78 is 13.9. The van der Waals surface area contributed by atoms with Gasteiger partial charge in [0, 0.05) is 31.7 Å². The van der Waals surface area contributed by atoms with Gasteiger partial charge in [0.25, 0.3) is 0 Å². The molecule has 1 heterocycles. The highest BCUT2D eigenvalue weighted by Gasteiger charge is 2.30. The fraction of sp³-hybridized carbons (Fsp3) is 0.632. The number of likely N-dealkylation sites (tertiary alicyclic amines) is 1. The van der Waals surface area contributed by atoms with E-state index in [0.717, 1.165) is 36.7 Å². The van der Waals surface area contributed by atoms with Crippen LogP contribution in [-0.2, 0) is 13.1 Å². The summed E-state index contributed by atoms with van der Waals surface area (Å²) in [5, 5.41) is 3.38. The maximum atomic E-state index is 13.9. The molecule has 0 atom stereocenters. The van der Waals surface area contributed by atoms with Crippen LogP contribution in [0.15, 0.2) is 23.2 Å². The minimum Gasteiger partial charge on any atom is -0.357 e. The molecule has 1 aromatic rings. The van der Waals surface area contributed by atoms with E-state index in [9.17, 15) is 4.39 Å². The van der Waals surface area contributed by atoms with E-state index < -0.39 is 0 Å². The van der Waals surface area contributed by atoms with E-state index >= 15 is 0 Å². The average Bonchev–Trinajstić information content (AvgIpc) is 2.86. The van der Waals surface area contributed by atoms with Crippen molar-refractivity contribution in [1.29, 1.82) is 0 Å². The molecule has 0 bridgehead atoms. The molecule has 1 aromatic carbocycles. The number of nitrogens with one attached hydrogen (secondary N) is 1. The highest BCUT2D eigenvalue weighted by Crippen LogP contribution is 2.28. The molecular weight excluding hydrogens is 303 g/mol. The van der Waals surface area contributed by atoms with E-state index in [1.54, 1.807) is 6.07 Å². The third-order valence-corrected chi connectivity index (χ3v) is 4.32. The fourth-order valence-electron chi connectivity index (χ4n) is 3.07. The maximum Gasteiger partial charge on any atom is 0.194 e. The Labute approximate surface area is 145 Å². The van der Waals surface area contributed by atoms with E-state index in [2.05, 4.69) is 31.0 Å². The van der Waals surface area contributed by atoms with Gasteiger partial charge in [-0.05, 0) is 50.6 Å². The zero-order valence-electron chi connectivity index (χ0n) is 15.7. The molecule has 4 nitrogen and oxygen atoms in total. The highest BCUT2D eigenvalue weighted by molar-refractivity contribution is 5.80. The number of guanidine groups is 1. The molecule has 24 heavy (non-hydrogen) atoms. The van der Waals surface area contributed by atoms with Gasteiger partial charge in [-0.2, -0.15) is 0 Å². The van der Waals surface area contributed by atoms with Crippen molar-refractivity contribution < 1.29 is 4.39 Å². The van der Waals surface area contributed by atoms with Gasteiger partial charge in [-0.1, -0.05) is 19.9 Å². The number of benzene rings is 1. The summed E-state index contributed by atoms with van der Waals surface area (Å²) in [6, 6.07) is 5.31. The lowest BCUT2D eigenvalue weighted by Crippen LogP contribution is -2.40. The Morgan fingerprint density at radius 3 is 2.71 bits per heavy atom. The summed E-state index contributed by atoms with van der Waals surface area (Å²) in [5.41, 5.74) is 2.10. The Kier molecular flexibility index (Phi) is 6.21. The Bertz CT molecular complexity index is 581. The first-order valence-electron chi connectivity index (χ1n) is 8.76. The first-order valence-corrected chi connectivity index (χ1v) is 8.76. The molecule has 1 aliphatic rings. The van der Waals surface area contributed by atoms with Crippen LogP contribution in [0.1, 0.15) is 38.3 Å². The smallest absolute Gasteiger partial charge is 0.194 e. The summed E-state index contributed by atoms with van der Waals surface area (Å²) in [6.07, 6.45) is 1.18. The van der Waals surface area contributed by atoms with Gasteiger partial charge in [0.1, 0.15) is 5.82 Å². The predicted molar refractivity (Wildman–Crippen MR) is 98.6 cm³/mol. The standard InChI is InChI=1S/C19H31FN4/c1-6-21-18(24-10-9-19(2,3)14-24)22-12-15-7-8-17(20)16(11-15)13-23(4)5/h7-8,11H,6,9-10,12-14H2,1-5H3,(H,21,22). The van der Waals surface area contributed by atoms with Crippen molar-refractivity contribution in [3.63, 3.8) is 0 Å². The molecule has 0 saturated carbocycles. The quantitative estimate of drug-likeness (QED) is 0.663. The van der Waals surface area contributed by atoms with E-state index in [1.165, 1.54) is 6.42 Å². The van der Waals surface area contributed by atoms with E-state index in [0.29, 0.717) is 18.5 Å². The van der Waals surface area contributed by atoms with Crippen molar-refractivity contribution in [1.82, 2.24) is 15.1 Å². The number of halogens is 1. The van der Waals surface area contributed by atoms with Crippen LogP contribution in [-0.4, -0.2) is 49.5 Å². The maximum absolute atomic E-state index is 13.9. The molecule has 5 heteroatoms. The van der Waals surface area contributed by atoms with Gasteiger partial charge in [0.05, 0.1) is 6.54 Å². The molecule has 0 unspecified atom stereocenters. The third-order valence-electron chi connectivity index (χ3n) is 4.32. The SMILES string of the molecule is CCNC(=NCc1ccc(F)c(CN(C)C)c1)N1CCC(C)(C)C1. The van der Waals surface area contributed by atoms with Gasteiger partial charge in [0.2, 0.25) is 0 Å². The molecular formula is C19H31FN4. The zero-order valence-corrected chi connectivity index (χ0v) is 15.7.